The Morgan fingerprint density at radius 3 is 2.86 bits per heavy atom. The van der Waals surface area contributed by atoms with Gasteiger partial charge in [-0.05, 0) is 6.92 Å². The molecule has 0 aliphatic carbocycles. The van der Waals surface area contributed by atoms with E-state index in [1.54, 1.807) is 13.2 Å². The van der Waals surface area contributed by atoms with Crippen molar-refractivity contribution in [3.8, 4) is 5.88 Å². The van der Waals surface area contributed by atoms with Crippen molar-refractivity contribution in [2.24, 2.45) is 5.84 Å². The summed E-state index contributed by atoms with van der Waals surface area (Å²) in [5.74, 6) is 6.02. The van der Waals surface area contributed by atoms with E-state index in [-0.39, 0.29) is 0 Å². The molecule has 0 saturated carbocycles. The molecule has 78 valence electrons. The first-order valence-corrected chi connectivity index (χ1v) is 4.20. The molecular weight excluding hydrogens is 184 g/mol. The minimum absolute atomic E-state index is 0.345. The first-order chi connectivity index (χ1) is 6.76. The molecule has 0 aromatic carbocycles. The van der Waals surface area contributed by atoms with E-state index in [1.165, 1.54) is 0 Å². The largest absolute Gasteiger partial charge is 0.475 e. The van der Waals surface area contributed by atoms with Crippen LogP contribution in [0.3, 0.4) is 0 Å². The number of aromatic nitrogens is 2. The summed E-state index contributed by atoms with van der Waals surface area (Å²) in [5.41, 5.74) is 3.16. The zero-order chi connectivity index (χ0) is 10.4. The van der Waals surface area contributed by atoms with Gasteiger partial charge in [-0.1, -0.05) is 0 Å². The van der Waals surface area contributed by atoms with Gasteiger partial charge in [-0.2, -0.15) is 4.98 Å². The van der Waals surface area contributed by atoms with Crippen molar-refractivity contribution in [1.82, 2.24) is 9.97 Å². The minimum Gasteiger partial charge on any atom is -0.475 e. The molecule has 0 spiro atoms. The van der Waals surface area contributed by atoms with Crippen molar-refractivity contribution in [2.45, 2.75) is 6.92 Å². The maximum atomic E-state index is 5.30. The summed E-state index contributed by atoms with van der Waals surface area (Å²) in [6.07, 6.45) is 0. The lowest BCUT2D eigenvalue weighted by molar-refractivity contribution is 0.143. The zero-order valence-electron chi connectivity index (χ0n) is 8.28. The highest BCUT2D eigenvalue weighted by Gasteiger charge is 2.01. The van der Waals surface area contributed by atoms with Crippen LogP contribution in [0.2, 0.25) is 0 Å². The summed E-state index contributed by atoms with van der Waals surface area (Å²) < 4.78 is 10.1. The van der Waals surface area contributed by atoms with Crippen LogP contribution in [-0.2, 0) is 4.74 Å². The summed E-state index contributed by atoms with van der Waals surface area (Å²) in [7, 11) is 1.61. The number of hydrazine groups is 1. The van der Waals surface area contributed by atoms with E-state index < -0.39 is 0 Å². The second-order valence-electron chi connectivity index (χ2n) is 2.66. The van der Waals surface area contributed by atoms with Crippen molar-refractivity contribution in [3.63, 3.8) is 0 Å². The highest BCUT2D eigenvalue weighted by Crippen LogP contribution is 2.10. The number of rotatable bonds is 5. The summed E-state index contributed by atoms with van der Waals surface area (Å²) >= 11 is 0. The summed E-state index contributed by atoms with van der Waals surface area (Å²) in [5, 5.41) is 0. The van der Waals surface area contributed by atoms with Crippen molar-refractivity contribution < 1.29 is 9.47 Å². The predicted molar refractivity (Wildman–Crippen MR) is 52.0 cm³/mol. The number of hydrogen-bond acceptors (Lipinski definition) is 6. The number of methoxy groups -OCH3 is 1. The molecule has 6 heteroatoms. The van der Waals surface area contributed by atoms with Crippen LogP contribution >= 0.6 is 0 Å². The van der Waals surface area contributed by atoms with Crippen molar-refractivity contribution in [1.29, 1.82) is 0 Å². The van der Waals surface area contributed by atoms with Crippen molar-refractivity contribution in [3.05, 3.63) is 11.8 Å². The third kappa shape index (κ3) is 3.15. The van der Waals surface area contributed by atoms with Crippen LogP contribution in [-0.4, -0.2) is 30.3 Å². The van der Waals surface area contributed by atoms with E-state index in [2.05, 4.69) is 15.4 Å². The van der Waals surface area contributed by atoms with E-state index in [9.17, 15) is 0 Å². The Morgan fingerprint density at radius 2 is 2.21 bits per heavy atom. The van der Waals surface area contributed by atoms with Gasteiger partial charge in [0, 0.05) is 18.9 Å². The van der Waals surface area contributed by atoms with Gasteiger partial charge >= 0.3 is 0 Å². The number of nitrogens with one attached hydrogen (secondary N) is 1. The van der Waals surface area contributed by atoms with E-state index in [0.29, 0.717) is 25.0 Å². The highest BCUT2D eigenvalue weighted by atomic mass is 16.5. The fourth-order valence-electron chi connectivity index (χ4n) is 0.908. The van der Waals surface area contributed by atoms with Gasteiger partial charge in [0.15, 0.2) is 0 Å². The maximum absolute atomic E-state index is 5.30. The molecule has 0 aliphatic rings. The molecule has 0 unspecified atom stereocenters. The number of anilines is 1. The smallest absolute Gasteiger partial charge is 0.240 e. The average molecular weight is 198 g/mol. The second kappa shape index (κ2) is 5.36. The molecular formula is C8H14N4O2. The topological polar surface area (TPSA) is 82.3 Å². The Hall–Kier alpha value is -1.40. The molecule has 0 radical (unpaired) electrons. The van der Waals surface area contributed by atoms with Crippen molar-refractivity contribution >= 4 is 5.95 Å². The van der Waals surface area contributed by atoms with Gasteiger partial charge in [0.25, 0.3) is 0 Å². The van der Waals surface area contributed by atoms with Crippen molar-refractivity contribution in [2.75, 3.05) is 25.7 Å². The molecule has 0 amide bonds. The number of nitrogen functional groups attached to an aromatic ring is 1. The van der Waals surface area contributed by atoms with Gasteiger partial charge in [0.1, 0.15) is 6.61 Å². The van der Waals surface area contributed by atoms with Crippen LogP contribution in [0.25, 0.3) is 0 Å². The average Bonchev–Trinajstić information content (AvgIpc) is 2.17. The highest BCUT2D eigenvalue weighted by molar-refractivity contribution is 5.28. The lowest BCUT2D eigenvalue weighted by Gasteiger charge is -2.06. The minimum atomic E-state index is 0.345. The number of aryl methyl sites for hydroxylation is 1. The van der Waals surface area contributed by atoms with Crippen LogP contribution in [0.1, 0.15) is 5.69 Å². The van der Waals surface area contributed by atoms with Gasteiger partial charge in [-0.15, -0.1) is 0 Å². The van der Waals surface area contributed by atoms with E-state index in [1.807, 2.05) is 6.92 Å². The van der Waals surface area contributed by atoms with Gasteiger partial charge in [-0.3, -0.25) is 5.43 Å². The number of ether oxygens (including phenoxy) is 2. The van der Waals surface area contributed by atoms with Crippen LogP contribution in [0.15, 0.2) is 6.07 Å². The third-order valence-corrected chi connectivity index (χ3v) is 1.50. The lowest BCUT2D eigenvalue weighted by atomic mass is 10.4. The fourth-order valence-corrected chi connectivity index (χ4v) is 0.908. The fraction of sp³-hybridized carbons (Fsp3) is 0.500. The maximum Gasteiger partial charge on any atom is 0.240 e. The Kier molecular flexibility index (Phi) is 4.09. The van der Waals surface area contributed by atoms with E-state index in [4.69, 9.17) is 15.3 Å². The summed E-state index contributed by atoms with van der Waals surface area (Å²) in [4.78, 5) is 8.02. The Labute approximate surface area is 82.4 Å². The summed E-state index contributed by atoms with van der Waals surface area (Å²) in [6.45, 7) is 2.82. The molecule has 1 heterocycles. The lowest BCUT2D eigenvalue weighted by Crippen LogP contribution is -2.12. The quantitative estimate of drug-likeness (QED) is 0.396. The van der Waals surface area contributed by atoms with Crippen LogP contribution in [0.4, 0.5) is 5.95 Å². The van der Waals surface area contributed by atoms with Gasteiger partial charge in [0.05, 0.1) is 6.61 Å². The molecule has 1 aromatic rings. The second-order valence-corrected chi connectivity index (χ2v) is 2.66. The summed E-state index contributed by atoms with van der Waals surface area (Å²) in [6, 6.07) is 1.73. The standard InChI is InChI=1S/C8H14N4O2/c1-6-5-7(14-4-3-13-2)11-8(10-6)12-9/h5H,3-4,9H2,1-2H3,(H,10,11,12). The third-order valence-electron chi connectivity index (χ3n) is 1.50. The molecule has 1 rings (SSSR count). The molecule has 0 saturated heterocycles. The predicted octanol–water partition coefficient (Wildman–Crippen LogP) is 0.0958. The number of nitrogens with zero attached hydrogens (tertiary/aromatic N) is 2. The van der Waals surface area contributed by atoms with Gasteiger partial charge < -0.3 is 9.47 Å². The molecule has 0 atom stereocenters. The molecule has 0 fully saturated rings. The first-order valence-electron chi connectivity index (χ1n) is 4.20. The number of nitrogens with two attached hydrogens (primary N) is 1. The van der Waals surface area contributed by atoms with Gasteiger partial charge in [0.2, 0.25) is 11.8 Å². The van der Waals surface area contributed by atoms with E-state index in [0.717, 1.165) is 5.69 Å². The van der Waals surface area contributed by atoms with Gasteiger partial charge in [-0.25, -0.2) is 10.8 Å². The molecule has 3 N–H and O–H groups in total. The molecule has 14 heavy (non-hydrogen) atoms. The molecule has 6 nitrogen and oxygen atoms in total. The molecule has 0 bridgehead atoms. The number of hydrogen-bond donors (Lipinski definition) is 2. The SMILES string of the molecule is COCCOc1cc(C)nc(NN)n1. The Balaban J connectivity index is 2.62. The Morgan fingerprint density at radius 1 is 1.43 bits per heavy atom. The van der Waals surface area contributed by atoms with Crippen LogP contribution < -0.4 is 16.0 Å². The van der Waals surface area contributed by atoms with E-state index >= 15 is 0 Å². The zero-order valence-corrected chi connectivity index (χ0v) is 8.28. The normalized spacial score (nSPS) is 9.93. The first kappa shape index (κ1) is 10.7. The molecule has 0 aliphatic heterocycles. The van der Waals surface area contributed by atoms with Crippen LogP contribution in [0, 0.1) is 6.92 Å². The molecule has 1 aromatic heterocycles. The Bertz CT molecular complexity index is 293. The van der Waals surface area contributed by atoms with Crippen LogP contribution in [0.5, 0.6) is 5.88 Å². The monoisotopic (exact) mass is 198 g/mol.